The number of nitrogens with one attached hydrogen (secondary N) is 1. The molecule has 2 rings (SSSR count). The van der Waals surface area contributed by atoms with Crippen LogP contribution < -0.4 is 5.32 Å². The third-order valence-electron chi connectivity index (χ3n) is 2.11. The van der Waals surface area contributed by atoms with Gasteiger partial charge in [0.25, 0.3) is 5.91 Å². The van der Waals surface area contributed by atoms with Crippen LogP contribution in [0.4, 0.5) is 5.69 Å². The fourth-order valence-electron chi connectivity index (χ4n) is 1.30. The summed E-state index contributed by atoms with van der Waals surface area (Å²) in [5.74, 6) is 0.992. The zero-order chi connectivity index (χ0) is 10.7. The van der Waals surface area contributed by atoms with E-state index in [0.29, 0.717) is 5.02 Å². The molecule has 0 radical (unpaired) electrons. The second kappa shape index (κ2) is 4.73. The summed E-state index contributed by atoms with van der Waals surface area (Å²) in [4.78, 5) is 11.7. The number of thioether (sulfide) groups is 1. The van der Waals surface area contributed by atoms with Crippen LogP contribution in [0.3, 0.4) is 0 Å². The lowest BCUT2D eigenvalue weighted by molar-refractivity contribution is -0.112. The van der Waals surface area contributed by atoms with E-state index in [1.165, 1.54) is 0 Å². The first kappa shape index (κ1) is 10.6. The van der Waals surface area contributed by atoms with Crippen LogP contribution >= 0.6 is 23.4 Å². The van der Waals surface area contributed by atoms with E-state index in [0.717, 1.165) is 23.4 Å². The van der Waals surface area contributed by atoms with Crippen molar-refractivity contribution >= 4 is 35.0 Å². The number of anilines is 1. The van der Waals surface area contributed by atoms with Crippen molar-refractivity contribution in [2.24, 2.45) is 0 Å². The van der Waals surface area contributed by atoms with Crippen molar-refractivity contribution in [3.8, 4) is 0 Å². The molecule has 0 atom stereocenters. The van der Waals surface area contributed by atoms with Gasteiger partial charge >= 0.3 is 0 Å². The van der Waals surface area contributed by atoms with Crippen molar-refractivity contribution in [2.75, 3.05) is 11.1 Å². The van der Waals surface area contributed by atoms with E-state index in [4.69, 9.17) is 11.6 Å². The maximum Gasteiger partial charge on any atom is 0.252 e. The standard InChI is InChI=1S/C11H10ClNOS/c12-9-1-3-10(4-2-9)13-11(14)8-5-6-15-7-8/h1-4,7H,5-6H2,(H,13,14). The molecule has 1 aliphatic heterocycles. The van der Waals surface area contributed by atoms with Crippen LogP contribution in [-0.4, -0.2) is 11.7 Å². The Hall–Kier alpha value is -0.930. The number of hydrogen-bond acceptors (Lipinski definition) is 2. The van der Waals surface area contributed by atoms with E-state index in [1.807, 2.05) is 5.41 Å². The fraction of sp³-hybridized carbons (Fsp3) is 0.182. The minimum absolute atomic E-state index is 0.0117. The maximum absolute atomic E-state index is 11.7. The van der Waals surface area contributed by atoms with E-state index < -0.39 is 0 Å². The summed E-state index contributed by atoms with van der Waals surface area (Å²) >= 11 is 7.43. The first-order valence-corrected chi connectivity index (χ1v) is 6.06. The maximum atomic E-state index is 11.7. The van der Waals surface area contributed by atoms with Crippen LogP contribution in [0.15, 0.2) is 35.2 Å². The third kappa shape index (κ3) is 2.76. The second-order valence-electron chi connectivity index (χ2n) is 3.22. The molecule has 0 spiro atoms. The molecule has 0 unspecified atom stereocenters. The van der Waals surface area contributed by atoms with E-state index in [2.05, 4.69) is 5.32 Å². The highest BCUT2D eigenvalue weighted by Crippen LogP contribution is 2.23. The van der Waals surface area contributed by atoms with Gasteiger partial charge in [-0.1, -0.05) is 11.6 Å². The Morgan fingerprint density at radius 3 is 2.67 bits per heavy atom. The molecular formula is C11H10ClNOS. The molecule has 2 nitrogen and oxygen atoms in total. The highest BCUT2D eigenvalue weighted by Gasteiger charge is 2.13. The van der Waals surface area contributed by atoms with Crippen molar-refractivity contribution in [1.82, 2.24) is 0 Å². The van der Waals surface area contributed by atoms with Crippen molar-refractivity contribution < 1.29 is 4.79 Å². The molecule has 1 aliphatic rings. The first-order valence-electron chi connectivity index (χ1n) is 4.63. The van der Waals surface area contributed by atoms with Gasteiger partial charge in [-0.3, -0.25) is 4.79 Å². The van der Waals surface area contributed by atoms with E-state index in [9.17, 15) is 4.79 Å². The molecule has 0 saturated carbocycles. The lowest BCUT2D eigenvalue weighted by Gasteiger charge is -2.04. The molecule has 1 amide bonds. The third-order valence-corrected chi connectivity index (χ3v) is 3.25. The zero-order valence-electron chi connectivity index (χ0n) is 8.00. The van der Waals surface area contributed by atoms with Gasteiger partial charge in [-0.15, -0.1) is 11.8 Å². The zero-order valence-corrected chi connectivity index (χ0v) is 9.57. The Balaban J connectivity index is 2.02. The van der Waals surface area contributed by atoms with Gasteiger partial charge in [-0.25, -0.2) is 0 Å². The molecular weight excluding hydrogens is 230 g/mol. The summed E-state index contributed by atoms with van der Waals surface area (Å²) in [5, 5.41) is 5.42. The van der Waals surface area contributed by atoms with Crippen molar-refractivity contribution in [3.05, 3.63) is 40.3 Å². The second-order valence-corrected chi connectivity index (χ2v) is 4.64. The minimum Gasteiger partial charge on any atom is -0.322 e. The Morgan fingerprint density at radius 2 is 2.07 bits per heavy atom. The van der Waals surface area contributed by atoms with Crippen LogP contribution in [0.25, 0.3) is 0 Å². The summed E-state index contributed by atoms with van der Waals surface area (Å²) in [6.45, 7) is 0. The topological polar surface area (TPSA) is 29.1 Å². The van der Waals surface area contributed by atoms with Gasteiger partial charge in [0.1, 0.15) is 0 Å². The van der Waals surface area contributed by atoms with Gasteiger partial charge in [0.2, 0.25) is 0 Å². The van der Waals surface area contributed by atoms with Gasteiger partial charge < -0.3 is 5.32 Å². The van der Waals surface area contributed by atoms with Gasteiger partial charge in [0.05, 0.1) is 0 Å². The van der Waals surface area contributed by atoms with E-state index in [-0.39, 0.29) is 5.91 Å². The van der Waals surface area contributed by atoms with E-state index in [1.54, 1.807) is 36.0 Å². The Kier molecular flexibility index (Phi) is 3.34. The molecule has 1 aromatic carbocycles. The molecule has 15 heavy (non-hydrogen) atoms. The molecule has 0 bridgehead atoms. The smallest absolute Gasteiger partial charge is 0.252 e. The summed E-state index contributed by atoms with van der Waals surface area (Å²) in [5.41, 5.74) is 1.64. The number of hydrogen-bond donors (Lipinski definition) is 1. The minimum atomic E-state index is -0.0117. The Labute approximate surface area is 97.7 Å². The Morgan fingerprint density at radius 1 is 1.33 bits per heavy atom. The lowest BCUT2D eigenvalue weighted by atomic mass is 10.2. The van der Waals surface area contributed by atoms with Crippen molar-refractivity contribution in [2.45, 2.75) is 6.42 Å². The number of carbonyl (C=O) groups is 1. The van der Waals surface area contributed by atoms with Gasteiger partial charge in [0.15, 0.2) is 0 Å². The predicted octanol–water partition coefficient (Wildman–Crippen LogP) is 3.30. The monoisotopic (exact) mass is 239 g/mol. The first-order chi connectivity index (χ1) is 7.25. The summed E-state index contributed by atoms with van der Waals surface area (Å²) < 4.78 is 0. The van der Waals surface area contributed by atoms with Gasteiger partial charge in [0, 0.05) is 22.0 Å². The number of halogens is 1. The largest absolute Gasteiger partial charge is 0.322 e. The molecule has 0 aromatic heterocycles. The molecule has 1 heterocycles. The Bertz CT molecular complexity index is 400. The van der Waals surface area contributed by atoms with Crippen LogP contribution in [0.5, 0.6) is 0 Å². The lowest BCUT2D eigenvalue weighted by Crippen LogP contribution is -2.13. The predicted molar refractivity (Wildman–Crippen MR) is 65.2 cm³/mol. The van der Waals surface area contributed by atoms with Crippen LogP contribution in [-0.2, 0) is 4.79 Å². The number of benzene rings is 1. The molecule has 1 N–H and O–H groups in total. The highest BCUT2D eigenvalue weighted by molar-refractivity contribution is 8.02. The van der Waals surface area contributed by atoms with Crippen molar-refractivity contribution in [3.63, 3.8) is 0 Å². The summed E-state index contributed by atoms with van der Waals surface area (Å²) in [6.07, 6.45) is 0.851. The SMILES string of the molecule is O=C(Nc1ccc(Cl)cc1)C1=CSCC1. The molecule has 0 fully saturated rings. The number of amides is 1. The van der Waals surface area contributed by atoms with Gasteiger partial charge in [-0.2, -0.15) is 0 Å². The van der Waals surface area contributed by atoms with Gasteiger partial charge in [-0.05, 0) is 36.1 Å². The number of rotatable bonds is 2. The van der Waals surface area contributed by atoms with Crippen molar-refractivity contribution in [1.29, 1.82) is 0 Å². The molecule has 0 aliphatic carbocycles. The van der Waals surface area contributed by atoms with Crippen LogP contribution in [0.2, 0.25) is 5.02 Å². The van der Waals surface area contributed by atoms with E-state index >= 15 is 0 Å². The summed E-state index contributed by atoms with van der Waals surface area (Å²) in [7, 11) is 0. The molecule has 0 saturated heterocycles. The van der Waals surface area contributed by atoms with Crippen LogP contribution in [0, 0.1) is 0 Å². The normalized spacial score (nSPS) is 14.9. The number of carbonyl (C=O) groups excluding carboxylic acids is 1. The average Bonchev–Trinajstić information content (AvgIpc) is 2.74. The molecule has 1 aromatic rings. The quantitative estimate of drug-likeness (QED) is 0.858. The molecule has 78 valence electrons. The fourth-order valence-corrected chi connectivity index (χ4v) is 2.31. The summed E-state index contributed by atoms with van der Waals surface area (Å²) in [6, 6.07) is 7.11. The molecule has 4 heteroatoms. The average molecular weight is 240 g/mol. The highest BCUT2D eigenvalue weighted by atomic mass is 35.5. The van der Waals surface area contributed by atoms with Crippen LogP contribution in [0.1, 0.15) is 6.42 Å².